The average molecular weight is 417 g/mol. The summed E-state index contributed by atoms with van der Waals surface area (Å²) in [5.41, 5.74) is 3.51. The molecule has 1 aromatic carbocycles. The molecular weight excluding hydrogens is 388 g/mol. The van der Waals surface area contributed by atoms with Gasteiger partial charge in [0.05, 0.1) is 5.69 Å². The van der Waals surface area contributed by atoms with Crippen LogP contribution in [0.5, 0.6) is 0 Å². The van der Waals surface area contributed by atoms with Crippen LogP contribution in [-0.4, -0.2) is 60.1 Å². The lowest BCUT2D eigenvalue weighted by molar-refractivity contribution is 0.0771. The smallest absolute Gasteiger partial charge is 0.259 e. The number of nitrogens with one attached hydrogen (secondary N) is 1. The number of fused-ring (bicyclic) bond motifs is 1. The van der Waals surface area contributed by atoms with Crippen LogP contribution in [0, 0.1) is 32.6 Å². The first-order valence-corrected chi connectivity index (χ1v) is 10.7. The first kappa shape index (κ1) is 20.2. The summed E-state index contributed by atoms with van der Waals surface area (Å²) in [6, 6.07) is 6.11. The number of likely N-dealkylation sites (tertiary alicyclic amines) is 2. The fraction of sp³-hybridized carbons (Fsp3) is 0.545. The number of amides is 1. The van der Waals surface area contributed by atoms with Gasteiger partial charge in [0.15, 0.2) is 0 Å². The monoisotopic (exact) mass is 416 g/mol. The van der Waals surface area contributed by atoms with Crippen LogP contribution in [0.15, 0.2) is 22.7 Å². The molecular formula is C22H29ClN4O2. The number of benzene rings is 1. The van der Waals surface area contributed by atoms with E-state index < -0.39 is 0 Å². The topological polar surface area (TPSA) is 61.6 Å². The van der Waals surface area contributed by atoms with Crippen molar-refractivity contribution in [2.75, 3.05) is 44.6 Å². The van der Waals surface area contributed by atoms with Crippen LogP contribution < -0.4 is 5.32 Å². The zero-order valence-corrected chi connectivity index (χ0v) is 18.1. The van der Waals surface area contributed by atoms with E-state index in [2.05, 4.69) is 21.4 Å². The molecule has 0 saturated carbocycles. The number of carbonyl (C=O) groups excluding carboxylic acids is 1. The number of halogens is 1. The molecule has 2 aliphatic rings. The van der Waals surface area contributed by atoms with E-state index in [-0.39, 0.29) is 5.91 Å². The summed E-state index contributed by atoms with van der Waals surface area (Å²) in [6.45, 7) is 11.5. The number of aromatic nitrogens is 1. The summed E-state index contributed by atoms with van der Waals surface area (Å²) in [5, 5.41) is 8.18. The van der Waals surface area contributed by atoms with E-state index in [1.165, 1.54) is 0 Å². The molecule has 2 unspecified atom stereocenters. The lowest BCUT2D eigenvalue weighted by Crippen LogP contribution is -2.34. The van der Waals surface area contributed by atoms with E-state index >= 15 is 0 Å². The van der Waals surface area contributed by atoms with Crippen molar-refractivity contribution in [1.29, 1.82) is 0 Å². The first-order valence-electron chi connectivity index (χ1n) is 10.4. The number of hydrogen-bond donors (Lipinski definition) is 1. The van der Waals surface area contributed by atoms with Crippen LogP contribution in [-0.2, 0) is 0 Å². The zero-order valence-electron chi connectivity index (χ0n) is 17.4. The van der Waals surface area contributed by atoms with Crippen molar-refractivity contribution >= 4 is 23.2 Å². The lowest BCUT2D eigenvalue weighted by Gasteiger charge is -2.21. The largest absolute Gasteiger partial charge is 0.385 e. The van der Waals surface area contributed by atoms with E-state index in [0.717, 1.165) is 62.0 Å². The second-order valence-corrected chi connectivity index (χ2v) is 8.84. The van der Waals surface area contributed by atoms with Crippen LogP contribution >= 0.6 is 11.6 Å². The Morgan fingerprint density at radius 1 is 1.21 bits per heavy atom. The standard InChI is InChI=1S/C22H29ClN4O2/c1-14-5-6-19(9-20(14)23)24-7-4-8-26-10-17-12-27(13-18(17)11-26)22(28)21-15(2)25-29-16(21)3/h5-6,9,17-18,24H,4,7-8,10-13H2,1-3H3. The van der Waals surface area contributed by atoms with Gasteiger partial charge in [0.2, 0.25) is 0 Å². The molecule has 4 rings (SSSR count). The van der Waals surface area contributed by atoms with Gasteiger partial charge >= 0.3 is 0 Å². The van der Waals surface area contributed by atoms with Crippen LogP contribution in [0.4, 0.5) is 5.69 Å². The third-order valence-corrected chi connectivity index (χ3v) is 6.66. The molecule has 7 heteroatoms. The summed E-state index contributed by atoms with van der Waals surface area (Å²) in [6.07, 6.45) is 1.09. The lowest BCUT2D eigenvalue weighted by atomic mass is 10.0. The van der Waals surface area contributed by atoms with Crippen molar-refractivity contribution in [2.24, 2.45) is 11.8 Å². The first-order chi connectivity index (χ1) is 13.9. The Morgan fingerprint density at radius 2 is 1.93 bits per heavy atom. The van der Waals surface area contributed by atoms with Crippen molar-refractivity contribution in [1.82, 2.24) is 15.0 Å². The third-order valence-electron chi connectivity index (χ3n) is 6.25. The van der Waals surface area contributed by atoms with Crippen molar-refractivity contribution in [3.05, 3.63) is 45.8 Å². The molecule has 2 aliphatic heterocycles. The van der Waals surface area contributed by atoms with Gasteiger partial charge in [-0.2, -0.15) is 0 Å². The van der Waals surface area contributed by atoms with Gasteiger partial charge in [-0.25, -0.2) is 0 Å². The van der Waals surface area contributed by atoms with E-state index in [1.54, 1.807) is 0 Å². The molecule has 2 fully saturated rings. The maximum Gasteiger partial charge on any atom is 0.259 e. The van der Waals surface area contributed by atoms with Gasteiger partial charge in [0, 0.05) is 43.4 Å². The van der Waals surface area contributed by atoms with E-state index in [1.807, 2.05) is 37.8 Å². The minimum absolute atomic E-state index is 0.0724. The summed E-state index contributed by atoms with van der Waals surface area (Å²) in [7, 11) is 0. The van der Waals surface area contributed by atoms with Crippen LogP contribution in [0.2, 0.25) is 5.02 Å². The third kappa shape index (κ3) is 4.28. The molecule has 0 spiro atoms. The summed E-state index contributed by atoms with van der Waals surface area (Å²) in [4.78, 5) is 17.4. The van der Waals surface area contributed by atoms with Gasteiger partial charge in [-0.1, -0.05) is 22.8 Å². The van der Waals surface area contributed by atoms with E-state index in [0.29, 0.717) is 28.9 Å². The molecule has 2 aromatic rings. The number of carbonyl (C=O) groups is 1. The van der Waals surface area contributed by atoms with Gasteiger partial charge in [-0.3, -0.25) is 4.79 Å². The van der Waals surface area contributed by atoms with Crippen LogP contribution in [0.25, 0.3) is 0 Å². The number of rotatable bonds is 6. The highest BCUT2D eigenvalue weighted by atomic mass is 35.5. The predicted molar refractivity (Wildman–Crippen MR) is 115 cm³/mol. The Bertz CT molecular complexity index is 863. The number of nitrogens with zero attached hydrogens (tertiary/aromatic N) is 3. The summed E-state index contributed by atoms with van der Waals surface area (Å²) < 4.78 is 5.17. The summed E-state index contributed by atoms with van der Waals surface area (Å²) >= 11 is 6.18. The van der Waals surface area contributed by atoms with E-state index in [9.17, 15) is 4.79 Å². The Balaban J connectivity index is 1.21. The molecule has 6 nitrogen and oxygen atoms in total. The molecule has 1 N–H and O–H groups in total. The fourth-order valence-electron chi connectivity index (χ4n) is 4.62. The van der Waals surface area contributed by atoms with Crippen molar-refractivity contribution in [2.45, 2.75) is 27.2 Å². The fourth-order valence-corrected chi connectivity index (χ4v) is 4.80. The highest BCUT2D eigenvalue weighted by molar-refractivity contribution is 6.31. The zero-order chi connectivity index (χ0) is 20.5. The molecule has 3 heterocycles. The Labute approximate surface area is 177 Å². The van der Waals surface area contributed by atoms with Crippen molar-refractivity contribution in [3.63, 3.8) is 0 Å². The Morgan fingerprint density at radius 3 is 2.55 bits per heavy atom. The number of aryl methyl sites for hydroxylation is 3. The maximum atomic E-state index is 12.8. The van der Waals surface area contributed by atoms with Crippen molar-refractivity contribution < 1.29 is 9.32 Å². The SMILES string of the molecule is Cc1ccc(NCCCN2CC3CN(C(=O)c4c(C)noc4C)CC3C2)cc1Cl. The molecule has 29 heavy (non-hydrogen) atoms. The molecule has 2 saturated heterocycles. The van der Waals surface area contributed by atoms with Gasteiger partial charge in [0.1, 0.15) is 11.3 Å². The number of anilines is 1. The molecule has 0 bridgehead atoms. The molecule has 1 amide bonds. The molecule has 0 aliphatic carbocycles. The second kappa shape index (κ2) is 8.36. The minimum Gasteiger partial charge on any atom is -0.385 e. The van der Waals surface area contributed by atoms with Gasteiger partial charge in [-0.05, 0) is 63.3 Å². The van der Waals surface area contributed by atoms with Gasteiger partial charge < -0.3 is 19.6 Å². The Hall–Kier alpha value is -2.05. The van der Waals surface area contributed by atoms with Gasteiger partial charge in [0.25, 0.3) is 5.91 Å². The molecule has 156 valence electrons. The molecule has 0 radical (unpaired) electrons. The van der Waals surface area contributed by atoms with Crippen LogP contribution in [0.1, 0.15) is 33.8 Å². The highest BCUT2D eigenvalue weighted by Crippen LogP contribution is 2.32. The average Bonchev–Trinajstić information content (AvgIpc) is 3.34. The molecule has 2 atom stereocenters. The van der Waals surface area contributed by atoms with Gasteiger partial charge in [-0.15, -0.1) is 0 Å². The van der Waals surface area contributed by atoms with E-state index in [4.69, 9.17) is 16.1 Å². The predicted octanol–water partition coefficient (Wildman–Crippen LogP) is 3.76. The molecule has 1 aromatic heterocycles. The summed E-state index contributed by atoms with van der Waals surface area (Å²) in [5.74, 6) is 1.84. The second-order valence-electron chi connectivity index (χ2n) is 8.43. The normalized spacial score (nSPS) is 21.6. The van der Waals surface area contributed by atoms with Crippen molar-refractivity contribution in [3.8, 4) is 0 Å². The Kier molecular flexibility index (Phi) is 5.83. The minimum atomic E-state index is 0.0724. The quantitative estimate of drug-likeness (QED) is 0.726. The number of hydrogen-bond acceptors (Lipinski definition) is 5. The maximum absolute atomic E-state index is 12.8. The highest BCUT2D eigenvalue weighted by Gasteiger charge is 2.42. The van der Waals surface area contributed by atoms with Crippen LogP contribution in [0.3, 0.4) is 0 Å².